The van der Waals surface area contributed by atoms with Gasteiger partial charge in [0.05, 0.1) is 22.9 Å². The van der Waals surface area contributed by atoms with Crippen molar-refractivity contribution in [3.8, 4) is 0 Å². The fourth-order valence-electron chi connectivity index (χ4n) is 1.91. The summed E-state index contributed by atoms with van der Waals surface area (Å²) >= 11 is 3.44. The number of carbonyl (C=O) groups is 1. The van der Waals surface area contributed by atoms with Gasteiger partial charge < -0.3 is 4.90 Å². The van der Waals surface area contributed by atoms with Gasteiger partial charge in [0.15, 0.2) is 0 Å². The average molecular weight is 322 g/mol. The van der Waals surface area contributed by atoms with Gasteiger partial charge in [-0.2, -0.15) is 5.10 Å². The van der Waals surface area contributed by atoms with E-state index < -0.39 is 0 Å². The van der Waals surface area contributed by atoms with E-state index in [2.05, 4.69) is 21.0 Å². The van der Waals surface area contributed by atoms with Gasteiger partial charge in [0.1, 0.15) is 0 Å². The van der Waals surface area contributed by atoms with Gasteiger partial charge in [0.2, 0.25) is 0 Å². The molecule has 0 unspecified atom stereocenters. The van der Waals surface area contributed by atoms with Crippen molar-refractivity contribution in [2.75, 3.05) is 7.05 Å². The first-order valence-electron chi connectivity index (χ1n) is 5.97. The summed E-state index contributed by atoms with van der Waals surface area (Å²) in [7, 11) is 3.66. The lowest BCUT2D eigenvalue weighted by Crippen LogP contribution is -2.27. The van der Waals surface area contributed by atoms with E-state index in [0.29, 0.717) is 12.1 Å². The van der Waals surface area contributed by atoms with Crippen LogP contribution in [0.2, 0.25) is 0 Å². The van der Waals surface area contributed by atoms with Gasteiger partial charge in [-0.05, 0) is 35.0 Å². The number of benzene rings is 1. The molecule has 0 aliphatic rings. The molecule has 4 nitrogen and oxygen atoms in total. The third-order valence-corrected chi connectivity index (χ3v) is 3.67. The number of halogens is 1. The highest BCUT2D eigenvalue weighted by atomic mass is 79.9. The largest absolute Gasteiger partial charge is 0.336 e. The lowest BCUT2D eigenvalue weighted by Gasteiger charge is -2.18. The normalized spacial score (nSPS) is 10.5. The van der Waals surface area contributed by atoms with Crippen LogP contribution < -0.4 is 0 Å². The van der Waals surface area contributed by atoms with Crippen molar-refractivity contribution in [1.29, 1.82) is 0 Å². The fraction of sp³-hybridized carbons (Fsp3) is 0.286. The van der Waals surface area contributed by atoms with Crippen LogP contribution in [0.25, 0.3) is 0 Å². The van der Waals surface area contributed by atoms with E-state index in [1.165, 1.54) is 0 Å². The topological polar surface area (TPSA) is 38.1 Å². The molecular formula is C14H16BrN3O. The fourth-order valence-corrected chi connectivity index (χ4v) is 2.38. The Balaban J connectivity index is 2.16. The van der Waals surface area contributed by atoms with Crippen LogP contribution in [0.3, 0.4) is 0 Å². The second kappa shape index (κ2) is 5.57. The molecule has 0 aliphatic carbocycles. The Bertz CT molecular complexity index is 587. The molecule has 19 heavy (non-hydrogen) atoms. The number of rotatable bonds is 3. The van der Waals surface area contributed by atoms with Crippen molar-refractivity contribution >= 4 is 21.8 Å². The van der Waals surface area contributed by atoms with Crippen LogP contribution in [0.5, 0.6) is 0 Å². The molecule has 1 aromatic carbocycles. The molecule has 5 heteroatoms. The summed E-state index contributed by atoms with van der Waals surface area (Å²) in [4.78, 5) is 14.0. The Kier molecular flexibility index (Phi) is 4.04. The van der Waals surface area contributed by atoms with Crippen LogP contribution in [0.15, 0.2) is 34.9 Å². The molecule has 100 valence electrons. The SMILES string of the molecule is Cc1cccc(C(=O)N(C)Cc2c(Br)cnn2C)c1. The smallest absolute Gasteiger partial charge is 0.253 e. The Morgan fingerprint density at radius 1 is 1.47 bits per heavy atom. The molecule has 0 saturated heterocycles. The van der Waals surface area contributed by atoms with Crippen molar-refractivity contribution in [3.63, 3.8) is 0 Å². The first-order valence-corrected chi connectivity index (χ1v) is 6.77. The van der Waals surface area contributed by atoms with Crippen molar-refractivity contribution < 1.29 is 4.79 Å². The Morgan fingerprint density at radius 2 is 2.21 bits per heavy atom. The standard InChI is InChI=1S/C14H16BrN3O/c1-10-5-4-6-11(7-10)14(19)17(2)9-13-12(15)8-16-18(13)3/h4-8H,9H2,1-3H3. The number of amides is 1. The number of aromatic nitrogens is 2. The molecular weight excluding hydrogens is 306 g/mol. The maximum atomic E-state index is 12.3. The van der Waals surface area contributed by atoms with E-state index in [9.17, 15) is 4.79 Å². The molecule has 0 atom stereocenters. The third-order valence-electron chi connectivity index (χ3n) is 3.01. The summed E-state index contributed by atoms with van der Waals surface area (Å²) < 4.78 is 2.68. The zero-order valence-electron chi connectivity index (χ0n) is 11.2. The molecule has 2 aromatic rings. The van der Waals surface area contributed by atoms with Crippen LogP contribution in [-0.2, 0) is 13.6 Å². The minimum absolute atomic E-state index is 0.0109. The minimum atomic E-state index is 0.0109. The highest BCUT2D eigenvalue weighted by molar-refractivity contribution is 9.10. The van der Waals surface area contributed by atoms with Crippen LogP contribution in [-0.4, -0.2) is 27.6 Å². The third kappa shape index (κ3) is 3.04. The molecule has 0 saturated carbocycles. The summed E-state index contributed by atoms with van der Waals surface area (Å²) in [5, 5.41) is 4.15. The van der Waals surface area contributed by atoms with Gasteiger partial charge in [-0.15, -0.1) is 0 Å². The molecule has 1 aromatic heterocycles. The molecule has 0 N–H and O–H groups in total. The number of carbonyl (C=O) groups excluding carboxylic acids is 1. The summed E-state index contributed by atoms with van der Waals surface area (Å²) in [6, 6.07) is 7.62. The van der Waals surface area contributed by atoms with Gasteiger partial charge in [0, 0.05) is 19.7 Å². The predicted molar refractivity (Wildman–Crippen MR) is 77.9 cm³/mol. The van der Waals surface area contributed by atoms with Crippen molar-refractivity contribution in [3.05, 3.63) is 51.8 Å². The van der Waals surface area contributed by atoms with Crippen molar-refractivity contribution in [2.24, 2.45) is 7.05 Å². The van der Waals surface area contributed by atoms with E-state index in [-0.39, 0.29) is 5.91 Å². The molecule has 0 fully saturated rings. The van der Waals surface area contributed by atoms with Crippen LogP contribution in [0, 0.1) is 6.92 Å². The van der Waals surface area contributed by atoms with E-state index >= 15 is 0 Å². The van der Waals surface area contributed by atoms with Gasteiger partial charge in [-0.25, -0.2) is 0 Å². The summed E-state index contributed by atoms with van der Waals surface area (Å²) in [6.07, 6.45) is 1.74. The van der Waals surface area contributed by atoms with E-state index in [1.54, 1.807) is 22.8 Å². The zero-order chi connectivity index (χ0) is 14.0. The number of hydrogen-bond acceptors (Lipinski definition) is 2. The summed E-state index contributed by atoms with van der Waals surface area (Å²) in [5.74, 6) is 0.0109. The molecule has 1 amide bonds. The van der Waals surface area contributed by atoms with Crippen LogP contribution >= 0.6 is 15.9 Å². The highest BCUT2D eigenvalue weighted by Gasteiger charge is 2.15. The maximum Gasteiger partial charge on any atom is 0.253 e. The summed E-state index contributed by atoms with van der Waals surface area (Å²) in [6.45, 7) is 2.50. The van der Waals surface area contributed by atoms with Gasteiger partial charge in [-0.1, -0.05) is 17.7 Å². The van der Waals surface area contributed by atoms with E-state index in [1.807, 2.05) is 38.2 Å². The quantitative estimate of drug-likeness (QED) is 0.871. The van der Waals surface area contributed by atoms with Gasteiger partial charge in [0.25, 0.3) is 5.91 Å². The highest BCUT2D eigenvalue weighted by Crippen LogP contribution is 2.17. The number of nitrogens with zero attached hydrogens (tertiary/aromatic N) is 3. The monoisotopic (exact) mass is 321 g/mol. The van der Waals surface area contributed by atoms with Gasteiger partial charge >= 0.3 is 0 Å². The lowest BCUT2D eigenvalue weighted by atomic mass is 10.1. The van der Waals surface area contributed by atoms with Crippen LogP contribution in [0.4, 0.5) is 0 Å². The minimum Gasteiger partial charge on any atom is -0.336 e. The second-order valence-corrected chi connectivity index (χ2v) is 5.45. The average Bonchev–Trinajstić information content (AvgIpc) is 2.69. The maximum absolute atomic E-state index is 12.3. The van der Waals surface area contributed by atoms with Crippen molar-refractivity contribution in [1.82, 2.24) is 14.7 Å². The van der Waals surface area contributed by atoms with Crippen molar-refractivity contribution in [2.45, 2.75) is 13.5 Å². The second-order valence-electron chi connectivity index (χ2n) is 4.59. The molecule has 2 rings (SSSR count). The summed E-state index contributed by atoms with van der Waals surface area (Å²) in [5.41, 5.74) is 2.77. The van der Waals surface area contributed by atoms with Gasteiger partial charge in [-0.3, -0.25) is 9.48 Å². The van der Waals surface area contributed by atoms with Crippen LogP contribution in [0.1, 0.15) is 21.6 Å². The number of aryl methyl sites for hydroxylation is 2. The molecule has 1 heterocycles. The molecule has 0 radical (unpaired) electrons. The predicted octanol–water partition coefficient (Wildman–Crippen LogP) is 2.76. The Labute approximate surface area is 121 Å². The Hall–Kier alpha value is -1.62. The zero-order valence-corrected chi connectivity index (χ0v) is 12.8. The molecule has 0 spiro atoms. The van der Waals surface area contributed by atoms with E-state index in [0.717, 1.165) is 15.7 Å². The first kappa shape index (κ1) is 13.8. The lowest BCUT2D eigenvalue weighted by molar-refractivity contribution is 0.0781. The molecule has 0 aliphatic heterocycles. The molecule has 0 bridgehead atoms. The number of hydrogen-bond donors (Lipinski definition) is 0. The van der Waals surface area contributed by atoms with E-state index in [4.69, 9.17) is 0 Å². The first-order chi connectivity index (χ1) is 8.99. The Morgan fingerprint density at radius 3 is 2.79 bits per heavy atom.